The molecule has 1 fully saturated rings. The van der Waals surface area contributed by atoms with Crippen molar-refractivity contribution >= 4 is 5.97 Å². The fraction of sp³-hybridized carbons (Fsp3) is 0.917. The van der Waals surface area contributed by atoms with Crippen LogP contribution in [-0.2, 0) is 9.53 Å². The molecule has 1 saturated carbocycles. The molecular weight excluding hydrogens is 190 g/mol. The van der Waals surface area contributed by atoms with Gasteiger partial charge >= 0.3 is 5.97 Å². The highest BCUT2D eigenvalue weighted by Crippen LogP contribution is 2.24. The first-order valence-corrected chi connectivity index (χ1v) is 6.07. The number of esters is 1. The molecule has 1 aliphatic carbocycles. The number of ether oxygens (including phenoxy) is 1. The lowest BCUT2D eigenvalue weighted by molar-refractivity contribution is -0.147. The van der Waals surface area contributed by atoms with Crippen LogP contribution in [0.4, 0.5) is 0 Å². The fourth-order valence-corrected chi connectivity index (χ4v) is 1.96. The van der Waals surface area contributed by atoms with E-state index in [1.165, 1.54) is 25.7 Å². The van der Waals surface area contributed by atoms with E-state index >= 15 is 0 Å². The van der Waals surface area contributed by atoms with Gasteiger partial charge in [0.05, 0.1) is 6.61 Å². The second kappa shape index (κ2) is 6.11. The van der Waals surface area contributed by atoms with Crippen LogP contribution in [0.3, 0.4) is 0 Å². The molecule has 88 valence electrons. The summed E-state index contributed by atoms with van der Waals surface area (Å²) in [5, 5.41) is 0. The lowest BCUT2D eigenvalue weighted by Crippen LogP contribution is -2.38. The van der Waals surface area contributed by atoms with Gasteiger partial charge in [-0.15, -0.1) is 0 Å². The molecule has 0 spiro atoms. The largest absolute Gasteiger partial charge is 0.464 e. The Morgan fingerprint density at radius 1 is 1.47 bits per heavy atom. The van der Waals surface area contributed by atoms with Gasteiger partial charge in [-0.25, -0.2) is 0 Å². The predicted molar refractivity (Wildman–Crippen MR) is 60.3 cm³/mol. The Bertz CT molecular complexity index is 200. The molecule has 3 heteroatoms. The average molecular weight is 213 g/mol. The van der Waals surface area contributed by atoms with Gasteiger partial charge in [-0.3, -0.25) is 4.79 Å². The summed E-state index contributed by atoms with van der Waals surface area (Å²) in [6.45, 7) is 4.60. The first kappa shape index (κ1) is 12.5. The molecule has 2 N–H and O–H groups in total. The van der Waals surface area contributed by atoms with Crippen molar-refractivity contribution in [2.75, 3.05) is 6.61 Å². The smallest absolute Gasteiger partial charge is 0.323 e. The maximum Gasteiger partial charge on any atom is 0.323 e. The van der Waals surface area contributed by atoms with Gasteiger partial charge in [-0.1, -0.05) is 33.1 Å². The molecule has 0 aromatic carbocycles. The first-order chi connectivity index (χ1) is 7.15. The number of nitrogens with two attached hydrogens (primary N) is 1. The second-order valence-electron chi connectivity index (χ2n) is 4.69. The van der Waals surface area contributed by atoms with Crippen LogP contribution in [-0.4, -0.2) is 18.6 Å². The Morgan fingerprint density at radius 2 is 2.07 bits per heavy atom. The van der Waals surface area contributed by atoms with Gasteiger partial charge < -0.3 is 10.5 Å². The third-order valence-electron chi connectivity index (χ3n) is 3.47. The Labute approximate surface area is 92.4 Å². The minimum absolute atomic E-state index is 0.209. The minimum Gasteiger partial charge on any atom is -0.464 e. The summed E-state index contributed by atoms with van der Waals surface area (Å²) in [5.74, 6) is 0.565. The van der Waals surface area contributed by atoms with Crippen LogP contribution in [0.15, 0.2) is 0 Å². The van der Waals surface area contributed by atoms with E-state index < -0.39 is 6.04 Å². The summed E-state index contributed by atoms with van der Waals surface area (Å²) >= 11 is 0. The van der Waals surface area contributed by atoms with Crippen LogP contribution in [0.5, 0.6) is 0 Å². The maximum atomic E-state index is 11.6. The summed E-state index contributed by atoms with van der Waals surface area (Å²) in [7, 11) is 0. The van der Waals surface area contributed by atoms with Crippen LogP contribution in [0.1, 0.15) is 46.0 Å². The number of carbonyl (C=O) groups is 1. The van der Waals surface area contributed by atoms with E-state index in [2.05, 4.69) is 0 Å². The molecule has 2 unspecified atom stereocenters. The SMILES string of the molecule is CCC(C)C(N)C(=O)OCC1CCCC1. The average Bonchev–Trinajstić information content (AvgIpc) is 2.76. The van der Waals surface area contributed by atoms with Crippen molar-refractivity contribution < 1.29 is 9.53 Å². The predicted octanol–water partition coefficient (Wildman–Crippen LogP) is 2.09. The number of hydrogen-bond acceptors (Lipinski definition) is 3. The van der Waals surface area contributed by atoms with Crippen LogP contribution in [0.2, 0.25) is 0 Å². The van der Waals surface area contributed by atoms with Crippen molar-refractivity contribution in [1.82, 2.24) is 0 Å². The van der Waals surface area contributed by atoms with Crippen LogP contribution in [0, 0.1) is 11.8 Å². The molecule has 0 radical (unpaired) electrons. The van der Waals surface area contributed by atoms with Gasteiger partial charge in [0.1, 0.15) is 6.04 Å². The zero-order chi connectivity index (χ0) is 11.3. The van der Waals surface area contributed by atoms with E-state index in [0.717, 1.165) is 6.42 Å². The standard InChI is InChI=1S/C12H23NO2/c1-3-9(2)11(13)12(14)15-8-10-6-4-5-7-10/h9-11H,3-8,13H2,1-2H3. The molecule has 0 saturated heterocycles. The van der Waals surface area contributed by atoms with Crippen molar-refractivity contribution in [2.24, 2.45) is 17.6 Å². The molecule has 0 aromatic rings. The highest BCUT2D eigenvalue weighted by molar-refractivity contribution is 5.75. The van der Waals surface area contributed by atoms with Crippen molar-refractivity contribution in [3.63, 3.8) is 0 Å². The molecule has 3 nitrogen and oxygen atoms in total. The van der Waals surface area contributed by atoms with Gasteiger partial charge in [-0.05, 0) is 24.7 Å². The Hall–Kier alpha value is -0.570. The van der Waals surface area contributed by atoms with E-state index in [1.807, 2.05) is 13.8 Å². The van der Waals surface area contributed by atoms with Crippen LogP contribution >= 0.6 is 0 Å². The van der Waals surface area contributed by atoms with E-state index in [0.29, 0.717) is 12.5 Å². The number of carbonyl (C=O) groups excluding carboxylic acids is 1. The summed E-state index contributed by atoms with van der Waals surface area (Å²) in [6, 6.07) is -0.448. The topological polar surface area (TPSA) is 52.3 Å². The lowest BCUT2D eigenvalue weighted by atomic mass is 10.0. The summed E-state index contributed by atoms with van der Waals surface area (Å²) in [5.41, 5.74) is 5.78. The molecule has 2 atom stereocenters. The van der Waals surface area contributed by atoms with Crippen LogP contribution < -0.4 is 5.73 Å². The van der Waals surface area contributed by atoms with Gasteiger partial charge in [0.25, 0.3) is 0 Å². The minimum atomic E-state index is -0.448. The molecule has 0 bridgehead atoms. The molecule has 15 heavy (non-hydrogen) atoms. The van der Waals surface area contributed by atoms with Gasteiger partial charge in [0.15, 0.2) is 0 Å². The quantitative estimate of drug-likeness (QED) is 0.711. The normalized spacial score (nSPS) is 21.3. The summed E-state index contributed by atoms with van der Waals surface area (Å²) in [4.78, 5) is 11.6. The van der Waals surface area contributed by atoms with E-state index in [-0.39, 0.29) is 11.9 Å². The van der Waals surface area contributed by atoms with Gasteiger partial charge in [0, 0.05) is 0 Å². The van der Waals surface area contributed by atoms with Crippen molar-refractivity contribution in [3.05, 3.63) is 0 Å². The van der Waals surface area contributed by atoms with E-state index in [4.69, 9.17) is 10.5 Å². The highest BCUT2D eigenvalue weighted by Gasteiger charge is 2.23. The van der Waals surface area contributed by atoms with Crippen molar-refractivity contribution in [3.8, 4) is 0 Å². The second-order valence-corrected chi connectivity index (χ2v) is 4.69. The van der Waals surface area contributed by atoms with Crippen LogP contribution in [0.25, 0.3) is 0 Å². The summed E-state index contributed by atoms with van der Waals surface area (Å²) in [6.07, 6.45) is 5.87. The monoisotopic (exact) mass is 213 g/mol. The fourth-order valence-electron chi connectivity index (χ4n) is 1.96. The molecule has 0 amide bonds. The number of rotatable bonds is 5. The molecule has 0 aromatic heterocycles. The van der Waals surface area contributed by atoms with Crippen molar-refractivity contribution in [2.45, 2.75) is 52.0 Å². The molecule has 1 rings (SSSR count). The lowest BCUT2D eigenvalue weighted by Gasteiger charge is -2.18. The first-order valence-electron chi connectivity index (χ1n) is 6.07. The number of hydrogen-bond donors (Lipinski definition) is 1. The van der Waals surface area contributed by atoms with E-state index in [1.54, 1.807) is 0 Å². The molecule has 0 aliphatic heterocycles. The Morgan fingerprint density at radius 3 is 2.60 bits per heavy atom. The molecule has 0 heterocycles. The summed E-state index contributed by atoms with van der Waals surface area (Å²) < 4.78 is 5.25. The highest BCUT2D eigenvalue weighted by atomic mass is 16.5. The molecular formula is C12H23NO2. The third kappa shape index (κ3) is 3.82. The zero-order valence-corrected chi connectivity index (χ0v) is 9.87. The van der Waals surface area contributed by atoms with Gasteiger partial charge in [-0.2, -0.15) is 0 Å². The Balaban J connectivity index is 2.22. The Kier molecular flexibility index (Phi) is 5.09. The van der Waals surface area contributed by atoms with Crippen molar-refractivity contribution in [1.29, 1.82) is 0 Å². The zero-order valence-electron chi connectivity index (χ0n) is 9.87. The maximum absolute atomic E-state index is 11.6. The third-order valence-corrected chi connectivity index (χ3v) is 3.47. The van der Waals surface area contributed by atoms with Gasteiger partial charge in [0.2, 0.25) is 0 Å². The molecule has 1 aliphatic rings. The van der Waals surface area contributed by atoms with E-state index in [9.17, 15) is 4.79 Å².